The van der Waals surface area contributed by atoms with E-state index in [0.29, 0.717) is 5.92 Å². The van der Waals surface area contributed by atoms with Crippen LogP contribution in [0.3, 0.4) is 0 Å². The Morgan fingerprint density at radius 1 is 0.840 bits per heavy atom. The maximum Gasteiger partial charge on any atom is 0.253 e. The van der Waals surface area contributed by atoms with E-state index in [1.807, 2.05) is 24.3 Å². The molecule has 2 nitrogen and oxygen atoms in total. The molecule has 3 aromatic rings. The molecular formula is C23H23NO. The van der Waals surface area contributed by atoms with Crippen molar-refractivity contribution in [2.75, 3.05) is 13.1 Å². The van der Waals surface area contributed by atoms with Crippen molar-refractivity contribution in [2.45, 2.75) is 25.2 Å². The third kappa shape index (κ3) is 3.43. The first-order valence-electron chi connectivity index (χ1n) is 9.14. The molecule has 1 aliphatic rings. The molecule has 4 rings (SSSR count). The van der Waals surface area contributed by atoms with Gasteiger partial charge in [-0.25, -0.2) is 0 Å². The largest absolute Gasteiger partial charge is 0.338 e. The lowest BCUT2D eigenvalue weighted by Gasteiger charge is -2.25. The monoisotopic (exact) mass is 329 g/mol. The number of hydrogen-bond acceptors (Lipinski definition) is 1. The van der Waals surface area contributed by atoms with Gasteiger partial charge in [0.2, 0.25) is 0 Å². The summed E-state index contributed by atoms with van der Waals surface area (Å²) in [5.41, 5.74) is 2.15. The number of likely N-dealkylation sites (tertiary alicyclic amines) is 1. The smallest absolute Gasteiger partial charge is 0.253 e. The van der Waals surface area contributed by atoms with Crippen molar-refractivity contribution in [3.63, 3.8) is 0 Å². The maximum absolute atomic E-state index is 13.1. The van der Waals surface area contributed by atoms with E-state index in [0.717, 1.165) is 36.9 Å². The number of carbonyl (C=O) groups excluding carboxylic acids is 1. The zero-order chi connectivity index (χ0) is 17.1. The van der Waals surface area contributed by atoms with Gasteiger partial charge in [0, 0.05) is 24.6 Å². The van der Waals surface area contributed by atoms with Gasteiger partial charge in [-0.1, -0.05) is 67.1 Å². The van der Waals surface area contributed by atoms with E-state index in [9.17, 15) is 4.79 Å². The lowest BCUT2D eigenvalue weighted by molar-refractivity contribution is 0.0754. The van der Waals surface area contributed by atoms with E-state index in [1.165, 1.54) is 17.4 Å². The van der Waals surface area contributed by atoms with Crippen LogP contribution in [0.1, 0.15) is 41.1 Å². The Kier molecular flexibility index (Phi) is 4.51. The second kappa shape index (κ2) is 7.10. The molecule has 1 atom stereocenters. The Balaban J connectivity index is 1.59. The molecule has 126 valence electrons. The van der Waals surface area contributed by atoms with Crippen LogP contribution < -0.4 is 0 Å². The first-order chi connectivity index (χ1) is 12.3. The van der Waals surface area contributed by atoms with E-state index in [1.54, 1.807) is 0 Å². The fraction of sp³-hybridized carbons (Fsp3) is 0.261. The summed E-state index contributed by atoms with van der Waals surface area (Å²) in [6.45, 7) is 1.67. The summed E-state index contributed by atoms with van der Waals surface area (Å²) in [4.78, 5) is 15.1. The van der Waals surface area contributed by atoms with Crippen molar-refractivity contribution < 1.29 is 4.79 Å². The van der Waals surface area contributed by atoms with E-state index < -0.39 is 0 Å². The minimum absolute atomic E-state index is 0.161. The van der Waals surface area contributed by atoms with Gasteiger partial charge in [0.25, 0.3) is 5.91 Å². The molecule has 1 fully saturated rings. The fourth-order valence-corrected chi connectivity index (χ4v) is 3.83. The van der Waals surface area contributed by atoms with Crippen LogP contribution in [0.2, 0.25) is 0 Å². The van der Waals surface area contributed by atoms with E-state index in [2.05, 4.69) is 53.4 Å². The average molecular weight is 329 g/mol. The van der Waals surface area contributed by atoms with E-state index in [4.69, 9.17) is 0 Å². The third-order valence-corrected chi connectivity index (χ3v) is 5.23. The highest BCUT2D eigenvalue weighted by molar-refractivity contribution is 5.98. The molecule has 0 bridgehead atoms. The van der Waals surface area contributed by atoms with Gasteiger partial charge >= 0.3 is 0 Å². The standard InChI is InChI=1S/C23H23NO/c25-23(21-14-13-19-10-4-5-11-20(19)16-21)24-15-7-6-12-22(17-24)18-8-2-1-3-9-18/h1-5,8-11,13-14,16,22H,6-7,12,15,17H2. The lowest BCUT2D eigenvalue weighted by Crippen LogP contribution is -2.34. The molecule has 25 heavy (non-hydrogen) atoms. The first-order valence-corrected chi connectivity index (χ1v) is 9.14. The number of nitrogens with zero attached hydrogens (tertiary/aromatic N) is 1. The van der Waals surface area contributed by atoms with Gasteiger partial charge in [0.05, 0.1) is 0 Å². The number of carbonyl (C=O) groups is 1. The Bertz CT molecular complexity index is 871. The Hall–Kier alpha value is -2.61. The summed E-state index contributed by atoms with van der Waals surface area (Å²) >= 11 is 0. The van der Waals surface area contributed by atoms with Crippen LogP contribution >= 0.6 is 0 Å². The molecule has 0 aromatic heterocycles. The number of benzene rings is 3. The number of hydrogen-bond donors (Lipinski definition) is 0. The van der Waals surface area contributed by atoms with Crippen molar-refractivity contribution in [1.82, 2.24) is 4.90 Å². The zero-order valence-corrected chi connectivity index (χ0v) is 14.4. The molecule has 0 aliphatic carbocycles. The SMILES string of the molecule is O=C(c1ccc2ccccc2c1)N1CCCCC(c2ccccc2)C1. The molecular weight excluding hydrogens is 306 g/mol. The molecule has 0 N–H and O–H groups in total. The quantitative estimate of drug-likeness (QED) is 0.629. The number of amides is 1. The third-order valence-electron chi connectivity index (χ3n) is 5.23. The molecule has 3 aromatic carbocycles. The predicted molar refractivity (Wildman–Crippen MR) is 103 cm³/mol. The Labute approximate surface area is 149 Å². The highest BCUT2D eigenvalue weighted by Gasteiger charge is 2.24. The molecule has 1 saturated heterocycles. The van der Waals surface area contributed by atoms with Crippen molar-refractivity contribution >= 4 is 16.7 Å². The Morgan fingerprint density at radius 3 is 2.44 bits per heavy atom. The van der Waals surface area contributed by atoms with Crippen molar-refractivity contribution in [1.29, 1.82) is 0 Å². The lowest BCUT2D eigenvalue weighted by atomic mass is 9.94. The fourth-order valence-electron chi connectivity index (χ4n) is 3.83. The number of fused-ring (bicyclic) bond motifs is 1. The van der Waals surface area contributed by atoms with Gasteiger partial charge < -0.3 is 4.90 Å². The van der Waals surface area contributed by atoms with Crippen molar-refractivity contribution in [3.05, 3.63) is 83.9 Å². The molecule has 0 saturated carbocycles. The molecule has 1 unspecified atom stereocenters. The van der Waals surface area contributed by atoms with Gasteiger partial charge in [0.15, 0.2) is 0 Å². The maximum atomic E-state index is 13.1. The van der Waals surface area contributed by atoms with Crippen LogP contribution in [0.25, 0.3) is 10.8 Å². The van der Waals surface area contributed by atoms with Crippen LogP contribution in [0, 0.1) is 0 Å². The Morgan fingerprint density at radius 2 is 1.60 bits per heavy atom. The van der Waals surface area contributed by atoms with Crippen LogP contribution in [-0.2, 0) is 0 Å². The molecule has 0 spiro atoms. The summed E-state index contributed by atoms with van der Waals surface area (Å²) in [5, 5.41) is 2.31. The van der Waals surface area contributed by atoms with Gasteiger partial charge in [0.1, 0.15) is 0 Å². The summed E-state index contributed by atoms with van der Waals surface area (Å²) in [7, 11) is 0. The van der Waals surface area contributed by atoms with Crippen molar-refractivity contribution in [3.8, 4) is 0 Å². The number of rotatable bonds is 2. The molecule has 2 heteroatoms. The first kappa shape index (κ1) is 15.9. The van der Waals surface area contributed by atoms with E-state index >= 15 is 0 Å². The minimum Gasteiger partial charge on any atom is -0.338 e. The van der Waals surface area contributed by atoms with Gasteiger partial charge in [-0.3, -0.25) is 4.79 Å². The average Bonchev–Trinajstić information content (AvgIpc) is 2.94. The zero-order valence-electron chi connectivity index (χ0n) is 14.4. The molecule has 1 amide bonds. The molecule has 1 heterocycles. The summed E-state index contributed by atoms with van der Waals surface area (Å²) < 4.78 is 0. The van der Waals surface area contributed by atoms with E-state index in [-0.39, 0.29) is 5.91 Å². The summed E-state index contributed by atoms with van der Waals surface area (Å²) in [6.07, 6.45) is 3.43. The second-order valence-electron chi connectivity index (χ2n) is 6.92. The minimum atomic E-state index is 0.161. The normalized spacial score (nSPS) is 18.1. The topological polar surface area (TPSA) is 20.3 Å². The molecule has 1 aliphatic heterocycles. The van der Waals surface area contributed by atoms with Gasteiger partial charge in [-0.15, -0.1) is 0 Å². The van der Waals surface area contributed by atoms with Crippen LogP contribution in [-0.4, -0.2) is 23.9 Å². The highest BCUT2D eigenvalue weighted by atomic mass is 16.2. The van der Waals surface area contributed by atoms with Gasteiger partial charge in [-0.05, 0) is 41.3 Å². The highest BCUT2D eigenvalue weighted by Crippen LogP contribution is 2.27. The van der Waals surface area contributed by atoms with Crippen LogP contribution in [0.4, 0.5) is 0 Å². The van der Waals surface area contributed by atoms with Crippen molar-refractivity contribution in [2.24, 2.45) is 0 Å². The second-order valence-corrected chi connectivity index (χ2v) is 6.92. The van der Waals surface area contributed by atoms with Crippen LogP contribution in [0.5, 0.6) is 0 Å². The van der Waals surface area contributed by atoms with Crippen LogP contribution in [0.15, 0.2) is 72.8 Å². The van der Waals surface area contributed by atoms with Gasteiger partial charge in [-0.2, -0.15) is 0 Å². The summed E-state index contributed by atoms with van der Waals surface area (Å²) in [6, 6.07) is 24.9. The predicted octanol–water partition coefficient (Wildman–Crippen LogP) is 5.25. The molecule has 0 radical (unpaired) electrons. The summed E-state index contributed by atoms with van der Waals surface area (Å²) in [5.74, 6) is 0.599.